The Kier molecular flexibility index (Phi) is 33.7. The van der Waals surface area contributed by atoms with E-state index in [-0.39, 0.29) is 24.8 Å². The number of hydrogen-bond acceptors (Lipinski definition) is 6. The first-order valence-electron chi connectivity index (χ1n) is 22.8. The van der Waals surface area contributed by atoms with Gasteiger partial charge in [0.25, 0.3) is 0 Å². The summed E-state index contributed by atoms with van der Waals surface area (Å²) in [5, 5.41) is 18.1. The van der Waals surface area contributed by atoms with E-state index in [1.54, 1.807) is 0 Å². The van der Waals surface area contributed by atoms with Crippen molar-refractivity contribution >= 4 is 11.9 Å². The van der Waals surface area contributed by atoms with Crippen molar-refractivity contribution in [1.82, 2.24) is 4.90 Å². The highest BCUT2D eigenvalue weighted by atomic mass is 16.5. The van der Waals surface area contributed by atoms with Crippen LogP contribution in [0.25, 0.3) is 0 Å². The van der Waals surface area contributed by atoms with E-state index in [1.165, 1.54) is 154 Å². The van der Waals surface area contributed by atoms with Crippen LogP contribution in [0, 0.1) is 11.3 Å². The summed E-state index contributed by atoms with van der Waals surface area (Å²) in [6.45, 7) is 9.91. The van der Waals surface area contributed by atoms with Gasteiger partial charge in [-0.3, -0.25) is 10.2 Å². The molecule has 0 aliphatic heterocycles. The fourth-order valence-corrected chi connectivity index (χ4v) is 7.50. The Morgan fingerprint density at radius 3 is 1.59 bits per heavy atom. The van der Waals surface area contributed by atoms with Gasteiger partial charge < -0.3 is 19.5 Å². The summed E-state index contributed by atoms with van der Waals surface area (Å²) in [4.78, 5) is 14.6. The van der Waals surface area contributed by atoms with Gasteiger partial charge in [0.15, 0.2) is 5.90 Å². The maximum atomic E-state index is 12.2. The summed E-state index contributed by atoms with van der Waals surface area (Å²) in [6, 6.07) is 0. The molecule has 51 heavy (non-hydrogen) atoms. The second-order valence-electron chi connectivity index (χ2n) is 16.1. The van der Waals surface area contributed by atoms with Crippen molar-refractivity contribution in [3.05, 3.63) is 0 Å². The first kappa shape index (κ1) is 47.9. The van der Waals surface area contributed by atoms with Gasteiger partial charge in [-0.2, -0.15) is 0 Å². The molecule has 2 atom stereocenters. The lowest BCUT2D eigenvalue weighted by Gasteiger charge is -2.21. The lowest BCUT2D eigenvalue weighted by molar-refractivity contribution is -0.145. The number of esters is 1. The third-order valence-electron chi connectivity index (χ3n) is 11.0. The zero-order valence-corrected chi connectivity index (χ0v) is 34.5. The van der Waals surface area contributed by atoms with Gasteiger partial charge in [0.2, 0.25) is 0 Å². The second-order valence-corrected chi connectivity index (χ2v) is 16.1. The van der Waals surface area contributed by atoms with Crippen LogP contribution in [-0.2, 0) is 14.3 Å². The molecule has 0 saturated heterocycles. The van der Waals surface area contributed by atoms with Crippen LogP contribution < -0.4 is 0 Å². The minimum atomic E-state index is 0.0143. The monoisotopic (exact) mass is 721 g/mol. The highest BCUT2D eigenvalue weighted by Crippen LogP contribution is 2.38. The van der Waals surface area contributed by atoms with E-state index >= 15 is 0 Å². The standard InChI is InChI=1S/C45H88N2O4/c1-4-7-10-13-18-25-32-42(33-26-19-14-11-8-5-2)50-44(46)34-27-20-15-22-29-36-47(38-39-48)37-30-23-16-21-28-35-45(49)51-43-40-41(43)31-24-17-12-9-6-3/h41-43,46,48H,4-40H2,1-3H3. The van der Waals surface area contributed by atoms with Crippen molar-refractivity contribution in [2.75, 3.05) is 26.2 Å². The molecule has 1 saturated carbocycles. The minimum absolute atomic E-state index is 0.0143. The van der Waals surface area contributed by atoms with Crippen LogP contribution in [-0.4, -0.2) is 60.3 Å². The van der Waals surface area contributed by atoms with Gasteiger partial charge in [-0.25, -0.2) is 0 Å². The summed E-state index contributed by atoms with van der Waals surface area (Å²) in [5.74, 6) is 1.16. The molecule has 1 aliphatic carbocycles. The molecule has 0 radical (unpaired) electrons. The van der Waals surface area contributed by atoms with Crippen LogP contribution in [0.2, 0.25) is 0 Å². The van der Waals surface area contributed by atoms with Crippen molar-refractivity contribution in [2.24, 2.45) is 5.92 Å². The average Bonchev–Trinajstić information content (AvgIpc) is 3.86. The summed E-state index contributed by atoms with van der Waals surface area (Å²) < 4.78 is 11.9. The number of aliphatic hydroxyl groups is 1. The number of ether oxygens (including phenoxy) is 2. The molecular formula is C45H88N2O4. The summed E-state index contributed by atoms with van der Waals surface area (Å²) in [6.07, 6.45) is 40.1. The molecule has 0 spiro atoms. The van der Waals surface area contributed by atoms with Gasteiger partial charge in [-0.15, -0.1) is 0 Å². The molecule has 2 unspecified atom stereocenters. The summed E-state index contributed by atoms with van der Waals surface area (Å²) in [7, 11) is 0. The minimum Gasteiger partial charge on any atom is -0.478 e. The largest absolute Gasteiger partial charge is 0.478 e. The number of nitrogens with zero attached hydrogens (tertiary/aromatic N) is 1. The first-order chi connectivity index (χ1) is 25.0. The molecule has 1 rings (SSSR count). The van der Waals surface area contributed by atoms with Crippen LogP contribution in [0.4, 0.5) is 0 Å². The second kappa shape index (κ2) is 35.9. The summed E-state index contributed by atoms with van der Waals surface area (Å²) in [5.41, 5.74) is 0. The van der Waals surface area contributed by atoms with E-state index in [1.807, 2.05) is 0 Å². The van der Waals surface area contributed by atoms with Crippen molar-refractivity contribution < 1.29 is 19.4 Å². The van der Waals surface area contributed by atoms with Crippen LogP contribution in [0.15, 0.2) is 0 Å². The zero-order chi connectivity index (χ0) is 37.0. The number of carbonyl (C=O) groups is 1. The fraction of sp³-hybridized carbons (Fsp3) is 0.956. The number of aliphatic hydroxyl groups excluding tert-OH is 1. The number of unbranched alkanes of at least 4 members (excludes halogenated alkanes) is 22. The quantitative estimate of drug-likeness (QED) is 0.0285. The smallest absolute Gasteiger partial charge is 0.306 e. The molecule has 0 aromatic carbocycles. The highest BCUT2D eigenvalue weighted by Gasteiger charge is 2.39. The number of nitrogens with one attached hydrogen (secondary N) is 1. The molecule has 0 aromatic rings. The van der Waals surface area contributed by atoms with E-state index in [0.717, 1.165) is 71.0 Å². The van der Waals surface area contributed by atoms with E-state index < -0.39 is 0 Å². The molecule has 0 aromatic heterocycles. The topological polar surface area (TPSA) is 82.9 Å². The number of rotatable bonds is 40. The Morgan fingerprint density at radius 2 is 1.06 bits per heavy atom. The number of hydrogen-bond donors (Lipinski definition) is 2. The van der Waals surface area contributed by atoms with Gasteiger partial charge >= 0.3 is 5.97 Å². The maximum absolute atomic E-state index is 12.2. The van der Waals surface area contributed by atoms with Crippen LogP contribution in [0.5, 0.6) is 0 Å². The fourth-order valence-electron chi connectivity index (χ4n) is 7.50. The predicted molar refractivity (Wildman–Crippen MR) is 219 cm³/mol. The molecule has 302 valence electrons. The third-order valence-corrected chi connectivity index (χ3v) is 11.0. The van der Waals surface area contributed by atoms with E-state index in [9.17, 15) is 9.90 Å². The van der Waals surface area contributed by atoms with Crippen LogP contribution in [0.1, 0.15) is 233 Å². The molecule has 1 aliphatic rings. The summed E-state index contributed by atoms with van der Waals surface area (Å²) >= 11 is 0. The molecule has 0 heterocycles. The Morgan fingerprint density at radius 1 is 0.608 bits per heavy atom. The zero-order valence-electron chi connectivity index (χ0n) is 34.5. The first-order valence-corrected chi connectivity index (χ1v) is 22.8. The van der Waals surface area contributed by atoms with E-state index in [2.05, 4.69) is 25.7 Å². The Labute approximate surface area is 317 Å². The molecular weight excluding hydrogens is 633 g/mol. The molecule has 6 heteroatoms. The highest BCUT2D eigenvalue weighted by molar-refractivity contribution is 5.72. The van der Waals surface area contributed by atoms with E-state index in [0.29, 0.717) is 18.2 Å². The maximum Gasteiger partial charge on any atom is 0.306 e. The van der Waals surface area contributed by atoms with E-state index in [4.69, 9.17) is 14.9 Å². The van der Waals surface area contributed by atoms with Gasteiger partial charge in [0, 0.05) is 19.4 Å². The molecule has 2 N–H and O–H groups in total. The Bertz CT molecular complexity index is 761. The van der Waals surface area contributed by atoms with Gasteiger partial charge in [-0.1, -0.05) is 156 Å². The Balaban J connectivity index is 2.07. The average molecular weight is 721 g/mol. The van der Waals surface area contributed by atoms with Crippen LogP contribution in [0.3, 0.4) is 0 Å². The molecule has 1 fully saturated rings. The van der Waals surface area contributed by atoms with Crippen molar-refractivity contribution in [2.45, 2.75) is 245 Å². The lowest BCUT2D eigenvalue weighted by atomic mass is 10.0. The molecule has 6 nitrogen and oxygen atoms in total. The van der Waals surface area contributed by atoms with Gasteiger partial charge in [0.05, 0.1) is 6.61 Å². The normalized spacial score (nSPS) is 15.6. The van der Waals surface area contributed by atoms with Crippen molar-refractivity contribution in [3.63, 3.8) is 0 Å². The van der Waals surface area contributed by atoms with Gasteiger partial charge in [-0.05, 0) is 83.2 Å². The Hall–Kier alpha value is -1.14. The molecule has 0 amide bonds. The van der Waals surface area contributed by atoms with Gasteiger partial charge in [0.1, 0.15) is 12.2 Å². The van der Waals surface area contributed by atoms with Crippen molar-refractivity contribution in [3.8, 4) is 0 Å². The number of carbonyl (C=O) groups excluding carboxylic acids is 1. The lowest BCUT2D eigenvalue weighted by Crippen LogP contribution is -2.29. The van der Waals surface area contributed by atoms with Crippen LogP contribution >= 0.6 is 0 Å². The molecule has 0 bridgehead atoms. The SMILES string of the molecule is CCCCCCCCC(CCCCCCCC)OC(=N)CCCCCCCN(CCO)CCCCCCCC(=O)OC1CC1CCCCCCC. The predicted octanol–water partition coefficient (Wildman–Crippen LogP) is 13.1. The van der Waals surface area contributed by atoms with Crippen molar-refractivity contribution in [1.29, 1.82) is 5.41 Å². The third kappa shape index (κ3) is 31.0.